The highest BCUT2D eigenvalue weighted by molar-refractivity contribution is 7.88. The van der Waals surface area contributed by atoms with Crippen molar-refractivity contribution in [3.05, 3.63) is 11.1 Å². The van der Waals surface area contributed by atoms with E-state index in [4.69, 9.17) is 0 Å². The van der Waals surface area contributed by atoms with Crippen molar-refractivity contribution in [2.24, 2.45) is 0 Å². The molecule has 7 nitrogen and oxygen atoms in total. The van der Waals surface area contributed by atoms with Crippen LogP contribution in [-0.4, -0.2) is 56.1 Å². The van der Waals surface area contributed by atoms with Crippen molar-refractivity contribution in [2.75, 3.05) is 30.8 Å². The van der Waals surface area contributed by atoms with Gasteiger partial charge in [-0.05, 0) is 26.3 Å². The lowest BCUT2D eigenvalue weighted by atomic mass is 10.1. The second-order valence-electron chi connectivity index (χ2n) is 5.85. The Morgan fingerprint density at radius 2 is 2.30 bits per heavy atom. The first kappa shape index (κ1) is 18.3. The van der Waals surface area contributed by atoms with Gasteiger partial charge in [0.2, 0.25) is 15.9 Å². The fourth-order valence-corrected chi connectivity index (χ4v) is 4.53. The lowest BCUT2D eigenvalue weighted by Gasteiger charge is -2.32. The molecule has 2 rings (SSSR count). The molecule has 0 saturated carbocycles. The van der Waals surface area contributed by atoms with Crippen molar-refractivity contribution >= 4 is 32.4 Å². The monoisotopic (exact) mass is 360 g/mol. The van der Waals surface area contributed by atoms with Crippen LogP contribution in [0.2, 0.25) is 0 Å². The molecule has 130 valence electrons. The van der Waals surface area contributed by atoms with Crippen LogP contribution in [-0.2, 0) is 21.4 Å². The highest BCUT2D eigenvalue weighted by Gasteiger charge is 2.23. The van der Waals surface area contributed by atoms with E-state index in [-0.39, 0.29) is 11.9 Å². The minimum Gasteiger partial charge on any atom is -0.296 e. The molecule has 1 aromatic heterocycles. The summed E-state index contributed by atoms with van der Waals surface area (Å²) < 4.78 is 25.4. The van der Waals surface area contributed by atoms with Gasteiger partial charge in [-0.1, -0.05) is 0 Å². The molecule has 1 saturated heterocycles. The molecule has 0 spiro atoms. The molecular formula is C14H24N4O3S2. The third-order valence-corrected chi connectivity index (χ3v) is 5.41. The summed E-state index contributed by atoms with van der Waals surface area (Å²) in [4.78, 5) is 20.0. The van der Waals surface area contributed by atoms with Gasteiger partial charge in [0.1, 0.15) is 0 Å². The zero-order valence-electron chi connectivity index (χ0n) is 13.8. The highest BCUT2D eigenvalue weighted by atomic mass is 32.2. The predicted molar refractivity (Wildman–Crippen MR) is 92.1 cm³/mol. The molecule has 0 aliphatic carbocycles. The van der Waals surface area contributed by atoms with Gasteiger partial charge in [0.15, 0.2) is 5.13 Å². The molecule has 1 N–H and O–H groups in total. The minimum absolute atomic E-state index is 0.0104. The van der Waals surface area contributed by atoms with Crippen LogP contribution < -0.4 is 9.62 Å². The molecule has 1 atom stereocenters. The van der Waals surface area contributed by atoms with Crippen LogP contribution in [0.15, 0.2) is 5.38 Å². The summed E-state index contributed by atoms with van der Waals surface area (Å²) in [5.74, 6) is -0.0104. The Balaban J connectivity index is 1.97. The van der Waals surface area contributed by atoms with E-state index in [1.807, 2.05) is 12.3 Å². The van der Waals surface area contributed by atoms with E-state index in [0.717, 1.165) is 30.2 Å². The Kier molecular flexibility index (Phi) is 6.12. The lowest BCUT2D eigenvalue weighted by Crippen LogP contribution is -2.47. The van der Waals surface area contributed by atoms with E-state index in [2.05, 4.69) is 14.6 Å². The maximum Gasteiger partial charge on any atom is 0.225 e. The molecule has 0 unspecified atom stereocenters. The van der Waals surface area contributed by atoms with Crippen LogP contribution >= 0.6 is 11.3 Å². The molecule has 0 bridgehead atoms. The van der Waals surface area contributed by atoms with Crippen molar-refractivity contribution in [1.29, 1.82) is 0 Å². The molecule has 1 aliphatic heterocycles. The molecule has 1 aromatic rings. The maximum absolute atomic E-state index is 11.6. The summed E-state index contributed by atoms with van der Waals surface area (Å²) >= 11 is 1.47. The molecule has 0 aromatic carbocycles. The zero-order chi connectivity index (χ0) is 17.0. The van der Waals surface area contributed by atoms with Gasteiger partial charge < -0.3 is 0 Å². The third-order valence-electron chi connectivity index (χ3n) is 3.74. The Morgan fingerprint density at radius 1 is 1.57 bits per heavy atom. The molecule has 23 heavy (non-hydrogen) atoms. The molecule has 1 amide bonds. The van der Waals surface area contributed by atoms with E-state index in [1.165, 1.54) is 24.5 Å². The summed E-state index contributed by atoms with van der Waals surface area (Å²) in [7, 11) is -3.17. The first-order valence-electron chi connectivity index (χ1n) is 7.70. The van der Waals surface area contributed by atoms with E-state index in [9.17, 15) is 13.2 Å². The minimum atomic E-state index is -3.17. The highest BCUT2D eigenvalue weighted by Crippen LogP contribution is 2.22. The van der Waals surface area contributed by atoms with Crippen molar-refractivity contribution in [3.63, 3.8) is 0 Å². The summed E-state index contributed by atoms with van der Waals surface area (Å²) in [6, 6.07) is -0.0405. The number of anilines is 1. The lowest BCUT2D eigenvalue weighted by molar-refractivity contribution is -0.116. The third kappa shape index (κ3) is 5.52. The van der Waals surface area contributed by atoms with Gasteiger partial charge in [0.25, 0.3) is 0 Å². The van der Waals surface area contributed by atoms with Crippen LogP contribution in [0.4, 0.5) is 5.13 Å². The van der Waals surface area contributed by atoms with Crippen LogP contribution in [0.5, 0.6) is 0 Å². The van der Waals surface area contributed by atoms with Crippen LogP contribution in [0, 0.1) is 0 Å². The van der Waals surface area contributed by atoms with Gasteiger partial charge in [-0.2, -0.15) is 0 Å². The number of carbonyl (C=O) groups excluding carboxylic acids is 1. The Labute approximate surface area is 141 Å². The normalized spacial score (nSPS) is 19.7. The van der Waals surface area contributed by atoms with Crippen LogP contribution in [0.25, 0.3) is 0 Å². The summed E-state index contributed by atoms with van der Waals surface area (Å²) in [5, 5.41) is 2.69. The molecular weight excluding hydrogens is 336 g/mol. The Hall–Kier alpha value is -1.03. The first-order valence-corrected chi connectivity index (χ1v) is 10.5. The maximum atomic E-state index is 11.6. The average Bonchev–Trinajstić information content (AvgIpc) is 2.85. The topological polar surface area (TPSA) is 82.6 Å². The number of nitrogens with zero attached hydrogens (tertiary/aromatic N) is 3. The molecule has 9 heteroatoms. The molecule has 1 fully saturated rings. The van der Waals surface area contributed by atoms with Gasteiger partial charge in [0.05, 0.1) is 11.9 Å². The van der Waals surface area contributed by atoms with Gasteiger partial charge in [-0.15, -0.1) is 11.3 Å². The van der Waals surface area contributed by atoms with Crippen molar-refractivity contribution < 1.29 is 13.2 Å². The van der Waals surface area contributed by atoms with Crippen LogP contribution in [0.3, 0.4) is 0 Å². The van der Waals surface area contributed by atoms with E-state index < -0.39 is 10.0 Å². The molecule has 2 heterocycles. The number of aromatic nitrogens is 1. The summed E-state index contributed by atoms with van der Waals surface area (Å²) in [6.07, 6.45) is 3.01. The smallest absolute Gasteiger partial charge is 0.225 e. The van der Waals surface area contributed by atoms with Crippen LogP contribution in [0.1, 0.15) is 32.4 Å². The average molecular weight is 361 g/mol. The SMILES string of the molecule is CCN(C(C)=O)c1nc(CN2CCC[C@@H](NS(C)(=O)=O)C2)cs1. The number of likely N-dealkylation sites (tertiary alicyclic amines) is 1. The van der Waals surface area contributed by atoms with Gasteiger partial charge in [-0.25, -0.2) is 18.1 Å². The predicted octanol–water partition coefficient (Wildman–Crippen LogP) is 1.03. The van der Waals surface area contributed by atoms with Gasteiger partial charge >= 0.3 is 0 Å². The quantitative estimate of drug-likeness (QED) is 0.819. The number of rotatable bonds is 6. The van der Waals surface area contributed by atoms with Crippen molar-refractivity contribution in [1.82, 2.24) is 14.6 Å². The van der Waals surface area contributed by atoms with Gasteiger partial charge in [-0.3, -0.25) is 14.6 Å². The number of carbonyl (C=O) groups is 1. The fraction of sp³-hybridized carbons (Fsp3) is 0.714. The fourth-order valence-electron chi connectivity index (χ4n) is 2.81. The van der Waals surface area contributed by atoms with Gasteiger partial charge in [0, 0.05) is 38.0 Å². The summed E-state index contributed by atoms with van der Waals surface area (Å²) in [5.41, 5.74) is 0.921. The van der Waals surface area contributed by atoms with Crippen molar-refractivity contribution in [2.45, 2.75) is 39.3 Å². The second kappa shape index (κ2) is 7.69. The van der Waals surface area contributed by atoms with Crippen molar-refractivity contribution in [3.8, 4) is 0 Å². The molecule has 1 aliphatic rings. The number of sulfonamides is 1. The number of nitrogens with one attached hydrogen (secondary N) is 1. The largest absolute Gasteiger partial charge is 0.296 e. The zero-order valence-corrected chi connectivity index (χ0v) is 15.4. The van der Waals surface area contributed by atoms with E-state index in [0.29, 0.717) is 19.6 Å². The first-order chi connectivity index (χ1) is 10.8. The Bertz CT molecular complexity index is 644. The number of hydrogen-bond donors (Lipinski definition) is 1. The summed E-state index contributed by atoms with van der Waals surface area (Å²) in [6.45, 7) is 6.36. The number of amides is 1. The Morgan fingerprint density at radius 3 is 2.91 bits per heavy atom. The standard InChI is InChI=1S/C14H24N4O3S2/c1-4-18(11(2)19)14-15-13(10-22-14)9-17-7-5-6-12(8-17)16-23(3,20)21/h10,12,16H,4-9H2,1-3H3/t12-/m1/s1. The van der Waals surface area contributed by atoms with E-state index in [1.54, 1.807) is 4.90 Å². The van der Waals surface area contributed by atoms with E-state index >= 15 is 0 Å². The number of thiazole rings is 1. The molecule has 0 radical (unpaired) electrons. The number of hydrogen-bond acceptors (Lipinski definition) is 6. The second-order valence-corrected chi connectivity index (χ2v) is 8.47. The number of piperidine rings is 1.